The van der Waals surface area contributed by atoms with Gasteiger partial charge in [-0.15, -0.1) is 0 Å². The van der Waals surface area contributed by atoms with Crippen LogP contribution in [-0.2, 0) is 4.79 Å². The maximum atomic E-state index is 12.3. The third-order valence-electron chi connectivity index (χ3n) is 5.52. The molecule has 2 fully saturated rings. The van der Waals surface area contributed by atoms with E-state index in [1.807, 2.05) is 0 Å². The molecule has 2 unspecified atom stereocenters. The van der Waals surface area contributed by atoms with Crippen LogP contribution in [0.2, 0.25) is 0 Å². The molecular formula is C20H29N3O3. The number of hydrogen-bond acceptors (Lipinski definition) is 4. The Kier molecular flexibility index (Phi) is 6.27. The normalized spacial score (nSPS) is 24.4. The quantitative estimate of drug-likeness (QED) is 0.751. The minimum Gasteiger partial charge on any atom is -0.391 e. The van der Waals surface area contributed by atoms with Gasteiger partial charge in [0, 0.05) is 49.8 Å². The van der Waals surface area contributed by atoms with Gasteiger partial charge >= 0.3 is 0 Å². The largest absolute Gasteiger partial charge is 0.391 e. The second-order valence-electron chi connectivity index (χ2n) is 7.54. The first-order chi connectivity index (χ1) is 12.5. The van der Waals surface area contributed by atoms with Crippen molar-refractivity contribution in [3.05, 3.63) is 29.8 Å². The lowest BCUT2D eigenvalue weighted by Gasteiger charge is -2.30. The van der Waals surface area contributed by atoms with Crippen LogP contribution in [0.25, 0.3) is 0 Å². The minimum atomic E-state index is -0.376. The fourth-order valence-corrected chi connectivity index (χ4v) is 4.07. The molecule has 0 spiro atoms. The third-order valence-corrected chi connectivity index (χ3v) is 5.52. The number of carbonyl (C=O) groups excluding carboxylic acids is 2. The highest BCUT2D eigenvalue weighted by Gasteiger charge is 2.35. The van der Waals surface area contributed by atoms with E-state index >= 15 is 0 Å². The molecule has 1 saturated carbocycles. The number of likely N-dealkylation sites (tertiary alicyclic amines) is 1. The molecule has 0 aromatic heterocycles. The molecule has 1 saturated heterocycles. The molecule has 6 nitrogen and oxygen atoms in total. The average molecular weight is 359 g/mol. The number of nitrogens with zero attached hydrogens (tertiary/aromatic N) is 1. The first-order valence-electron chi connectivity index (χ1n) is 9.61. The number of anilines is 1. The van der Waals surface area contributed by atoms with E-state index in [-0.39, 0.29) is 23.8 Å². The summed E-state index contributed by atoms with van der Waals surface area (Å²) < 4.78 is 0. The Bertz CT molecular complexity index is 626. The molecule has 1 aliphatic carbocycles. The topological polar surface area (TPSA) is 81.7 Å². The van der Waals surface area contributed by atoms with E-state index in [1.54, 1.807) is 24.3 Å². The van der Waals surface area contributed by atoms with Crippen LogP contribution in [0, 0.1) is 5.92 Å². The Morgan fingerprint density at radius 2 is 1.81 bits per heavy atom. The van der Waals surface area contributed by atoms with Crippen LogP contribution in [0.4, 0.5) is 5.69 Å². The molecule has 1 aromatic carbocycles. The number of hydrogen-bond donors (Lipinski definition) is 3. The van der Waals surface area contributed by atoms with Gasteiger partial charge in [-0.25, -0.2) is 0 Å². The van der Waals surface area contributed by atoms with Crippen molar-refractivity contribution in [3.8, 4) is 0 Å². The highest BCUT2D eigenvalue weighted by Crippen LogP contribution is 2.27. The van der Waals surface area contributed by atoms with Crippen molar-refractivity contribution in [2.75, 3.05) is 25.0 Å². The Morgan fingerprint density at radius 1 is 1.12 bits per heavy atom. The summed E-state index contributed by atoms with van der Waals surface area (Å²) in [7, 11) is 0. The zero-order chi connectivity index (χ0) is 18.5. The number of rotatable bonds is 5. The number of aliphatic hydroxyl groups excluding tert-OH is 1. The monoisotopic (exact) mass is 359 g/mol. The Balaban J connectivity index is 1.48. The van der Waals surface area contributed by atoms with E-state index in [9.17, 15) is 14.7 Å². The van der Waals surface area contributed by atoms with E-state index in [1.165, 1.54) is 39.0 Å². The molecule has 2 aliphatic rings. The molecule has 1 aromatic rings. The lowest BCUT2D eigenvalue weighted by molar-refractivity contribution is -0.114. The Morgan fingerprint density at radius 3 is 2.46 bits per heavy atom. The molecule has 2 atom stereocenters. The van der Waals surface area contributed by atoms with Crippen molar-refractivity contribution in [2.45, 2.75) is 51.2 Å². The van der Waals surface area contributed by atoms with Crippen LogP contribution < -0.4 is 10.6 Å². The van der Waals surface area contributed by atoms with E-state index < -0.39 is 0 Å². The van der Waals surface area contributed by atoms with Crippen molar-refractivity contribution >= 4 is 17.5 Å². The fraction of sp³-hybridized carbons (Fsp3) is 0.600. The van der Waals surface area contributed by atoms with Crippen molar-refractivity contribution in [3.63, 3.8) is 0 Å². The summed E-state index contributed by atoms with van der Waals surface area (Å²) in [5, 5.41) is 16.0. The van der Waals surface area contributed by atoms with Crippen molar-refractivity contribution < 1.29 is 14.7 Å². The SMILES string of the molecule is CC(=O)Nc1ccc(C(=O)NCC2CN(C3CCCCC3)CC2O)cc1. The van der Waals surface area contributed by atoms with E-state index in [0.29, 0.717) is 23.8 Å². The molecule has 0 radical (unpaired) electrons. The van der Waals surface area contributed by atoms with Crippen LogP contribution in [0.3, 0.4) is 0 Å². The minimum absolute atomic E-state index is 0.0829. The number of amides is 2. The van der Waals surface area contributed by atoms with Crippen LogP contribution >= 0.6 is 0 Å². The molecule has 3 rings (SSSR count). The molecule has 0 bridgehead atoms. The fourth-order valence-electron chi connectivity index (χ4n) is 4.07. The molecule has 2 amide bonds. The highest BCUT2D eigenvalue weighted by molar-refractivity contribution is 5.95. The van der Waals surface area contributed by atoms with Gasteiger partial charge in [-0.2, -0.15) is 0 Å². The van der Waals surface area contributed by atoms with E-state index in [4.69, 9.17) is 0 Å². The summed E-state index contributed by atoms with van der Waals surface area (Å²) in [6.07, 6.45) is 5.98. The number of β-amino-alcohol motifs (C(OH)–C–C–N with tert-alkyl or cyclic N) is 1. The molecule has 6 heteroatoms. The van der Waals surface area contributed by atoms with Gasteiger partial charge in [0.15, 0.2) is 0 Å². The van der Waals surface area contributed by atoms with Crippen molar-refractivity contribution in [1.82, 2.24) is 10.2 Å². The smallest absolute Gasteiger partial charge is 0.251 e. The standard InChI is InChI=1S/C20H29N3O3/c1-14(24)22-17-9-7-15(8-10-17)20(26)21-11-16-12-23(13-19(16)25)18-5-3-2-4-6-18/h7-10,16,18-19,25H,2-6,11-13H2,1H3,(H,21,26)(H,22,24). The number of nitrogens with one attached hydrogen (secondary N) is 2. The molecule has 1 heterocycles. The van der Waals surface area contributed by atoms with E-state index in [2.05, 4.69) is 15.5 Å². The van der Waals surface area contributed by atoms with Gasteiger partial charge in [-0.1, -0.05) is 19.3 Å². The maximum absolute atomic E-state index is 12.3. The zero-order valence-electron chi connectivity index (χ0n) is 15.4. The molecule has 142 valence electrons. The number of benzene rings is 1. The van der Waals surface area contributed by atoms with Crippen LogP contribution in [0.5, 0.6) is 0 Å². The average Bonchev–Trinajstić information content (AvgIpc) is 3.01. The van der Waals surface area contributed by atoms with Crippen molar-refractivity contribution in [2.24, 2.45) is 5.92 Å². The molecule has 26 heavy (non-hydrogen) atoms. The zero-order valence-corrected chi connectivity index (χ0v) is 15.4. The van der Waals surface area contributed by atoms with Crippen molar-refractivity contribution in [1.29, 1.82) is 0 Å². The predicted octanol–water partition coefficient (Wildman–Crippen LogP) is 2.00. The third kappa shape index (κ3) is 4.83. The predicted molar refractivity (Wildman–Crippen MR) is 101 cm³/mol. The van der Waals surface area contributed by atoms with Gasteiger partial charge < -0.3 is 15.7 Å². The van der Waals surface area contributed by atoms with Gasteiger partial charge in [0.25, 0.3) is 5.91 Å². The van der Waals surface area contributed by atoms with Gasteiger partial charge in [-0.05, 0) is 37.1 Å². The van der Waals surface area contributed by atoms with Gasteiger partial charge in [0.05, 0.1) is 6.10 Å². The van der Waals surface area contributed by atoms with Gasteiger partial charge in [0.1, 0.15) is 0 Å². The Hall–Kier alpha value is -1.92. The summed E-state index contributed by atoms with van der Waals surface area (Å²) in [4.78, 5) is 25.8. The summed E-state index contributed by atoms with van der Waals surface area (Å²) in [5.74, 6) is -0.206. The first-order valence-corrected chi connectivity index (χ1v) is 9.61. The summed E-state index contributed by atoms with van der Waals surface area (Å²) >= 11 is 0. The van der Waals surface area contributed by atoms with Gasteiger partial charge in [0.2, 0.25) is 5.91 Å². The number of carbonyl (C=O) groups is 2. The first kappa shape index (κ1) is 18.9. The summed E-state index contributed by atoms with van der Waals surface area (Å²) in [5.41, 5.74) is 1.22. The van der Waals surface area contributed by atoms with E-state index in [0.717, 1.165) is 13.1 Å². The van der Waals surface area contributed by atoms with Crippen LogP contribution in [0.15, 0.2) is 24.3 Å². The highest BCUT2D eigenvalue weighted by atomic mass is 16.3. The molecule has 3 N–H and O–H groups in total. The second kappa shape index (κ2) is 8.64. The number of aliphatic hydroxyl groups is 1. The molecule has 1 aliphatic heterocycles. The second-order valence-corrected chi connectivity index (χ2v) is 7.54. The summed E-state index contributed by atoms with van der Waals surface area (Å²) in [6.45, 7) is 3.50. The van der Waals surface area contributed by atoms with Gasteiger partial charge in [-0.3, -0.25) is 14.5 Å². The maximum Gasteiger partial charge on any atom is 0.251 e. The van der Waals surface area contributed by atoms with Crippen LogP contribution in [-0.4, -0.2) is 53.6 Å². The summed E-state index contributed by atoms with van der Waals surface area (Å²) in [6, 6.07) is 7.41. The van der Waals surface area contributed by atoms with Crippen LogP contribution in [0.1, 0.15) is 49.4 Å². The lowest BCUT2D eigenvalue weighted by atomic mass is 9.94. The molecular weight excluding hydrogens is 330 g/mol. The Labute approximate surface area is 155 Å². The lowest BCUT2D eigenvalue weighted by Crippen LogP contribution is -2.36.